The summed E-state index contributed by atoms with van der Waals surface area (Å²) in [6.07, 6.45) is 0.656. The summed E-state index contributed by atoms with van der Waals surface area (Å²) in [6.45, 7) is -2.93. The fourth-order valence-corrected chi connectivity index (χ4v) is 2.71. The molecular weight excluding hydrogens is 368 g/mol. The molecule has 5 nitrogen and oxygen atoms in total. The first-order valence-electron chi connectivity index (χ1n) is 8.67. The number of para-hydroxylation sites is 1. The van der Waals surface area contributed by atoms with Crippen LogP contribution < -0.4 is 9.47 Å². The third-order valence-electron chi connectivity index (χ3n) is 4.09. The summed E-state index contributed by atoms with van der Waals surface area (Å²) in [6, 6.07) is 16.0. The monoisotopic (exact) mass is 387 g/mol. The van der Waals surface area contributed by atoms with E-state index in [1.807, 2.05) is 36.4 Å². The standard InChI is InChI=1S/C21H19F2NO4/c1-26-19-12-14(6-10-18(19)28-21(22)23)13-27-20(25)11-9-16-8-7-15-4-2-3-5-17(15)24-16/h2-8,10,12,21H,9,11,13H2,1H3. The molecule has 7 heteroatoms. The van der Waals surface area contributed by atoms with E-state index in [2.05, 4.69) is 9.72 Å². The maximum absolute atomic E-state index is 12.4. The van der Waals surface area contributed by atoms with Gasteiger partial charge in [-0.15, -0.1) is 0 Å². The van der Waals surface area contributed by atoms with Crippen LogP contribution in [0.25, 0.3) is 10.9 Å². The van der Waals surface area contributed by atoms with Crippen LogP contribution in [0, 0.1) is 0 Å². The second-order valence-electron chi connectivity index (χ2n) is 6.02. The first-order chi connectivity index (χ1) is 13.5. The Hall–Kier alpha value is -3.22. The van der Waals surface area contributed by atoms with E-state index < -0.39 is 6.61 Å². The third-order valence-corrected chi connectivity index (χ3v) is 4.09. The molecule has 3 rings (SSSR count). The van der Waals surface area contributed by atoms with Crippen molar-refractivity contribution < 1.29 is 27.8 Å². The van der Waals surface area contributed by atoms with Crippen LogP contribution in [0.15, 0.2) is 54.6 Å². The second kappa shape index (κ2) is 9.12. The number of aromatic nitrogens is 1. The van der Waals surface area contributed by atoms with Crippen LogP contribution in [-0.2, 0) is 22.6 Å². The number of fused-ring (bicyclic) bond motifs is 1. The average Bonchev–Trinajstić information content (AvgIpc) is 2.71. The third kappa shape index (κ3) is 5.16. The van der Waals surface area contributed by atoms with Gasteiger partial charge in [0.15, 0.2) is 11.5 Å². The fourth-order valence-electron chi connectivity index (χ4n) is 2.71. The minimum absolute atomic E-state index is 0.00923. The number of hydrogen-bond acceptors (Lipinski definition) is 5. The van der Waals surface area contributed by atoms with Gasteiger partial charge >= 0.3 is 12.6 Å². The summed E-state index contributed by atoms with van der Waals surface area (Å²) in [4.78, 5) is 16.5. The van der Waals surface area contributed by atoms with Crippen LogP contribution in [0.4, 0.5) is 8.78 Å². The van der Waals surface area contributed by atoms with Gasteiger partial charge in [-0.25, -0.2) is 0 Å². The van der Waals surface area contributed by atoms with Gasteiger partial charge in [0, 0.05) is 17.5 Å². The molecule has 28 heavy (non-hydrogen) atoms. The number of methoxy groups -OCH3 is 1. The first kappa shape index (κ1) is 19.5. The minimum Gasteiger partial charge on any atom is -0.493 e. The summed E-state index contributed by atoms with van der Waals surface area (Å²) in [5.74, 6) is -0.300. The number of rotatable bonds is 8. The van der Waals surface area contributed by atoms with Crippen LogP contribution >= 0.6 is 0 Å². The smallest absolute Gasteiger partial charge is 0.387 e. The van der Waals surface area contributed by atoms with Gasteiger partial charge in [0.05, 0.1) is 19.0 Å². The molecular formula is C21H19F2NO4. The van der Waals surface area contributed by atoms with Gasteiger partial charge in [-0.1, -0.05) is 30.3 Å². The van der Waals surface area contributed by atoms with Gasteiger partial charge in [-0.2, -0.15) is 8.78 Å². The number of hydrogen-bond donors (Lipinski definition) is 0. The van der Waals surface area contributed by atoms with Crippen LogP contribution in [0.2, 0.25) is 0 Å². The topological polar surface area (TPSA) is 57.7 Å². The van der Waals surface area contributed by atoms with E-state index in [0.29, 0.717) is 12.0 Å². The Morgan fingerprint density at radius 2 is 1.89 bits per heavy atom. The van der Waals surface area contributed by atoms with E-state index in [0.717, 1.165) is 16.6 Å². The quantitative estimate of drug-likeness (QED) is 0.532. The summed E-state index contributed by atoms with van der Waals surface area (Å²) < 4.78 is 39.3. The normalized spacial score (nSPS) is 10.9. The van der Waals surface area contributed by atoms with Crippen LogP contribution in [-0.4, -0.2) is 24.7 Å². The summed E-state index contributed by atoms with van der Waals surface area (Å²) in [5, 5.41) is 1.04. The molecule has 0 amide bonds. The minimum atomic E-state index is -2.94. The molecule has 1 heterocycles. The molecule has 1 aromatic heterocycles. The lowest BCUT2D eigenvalue weighted by Crippen LogP contribution is -2.07. The molecule has 0 N–H and O–H groups in total. The molecule has 3 aromatic rings. The van der Waals surface area contributed by atoms with Crippen molar-refractivity contribution >= 4 is 16.9 Å². The number of ether oxygens (including phenoxy) is 3. The van der Waals surface area contributed by atoms with Crippen molar-refractivity contribution in [3.63, 3.8) is 0 Å². The highest BCUT2D eigenvalue weighted by Crippen LogP contribution is 2.29. The zero-order chi connectivity index (χ0) is 19.9. The maximum atomic E-state index is 12.4. The number of esters is 1. The van der Waals surface area contributed by atoms with E-state index >= 15 is 0 Å². The summed E-state index contributed by atoms with van der Waals surface area (Å²) in [7, 11) is 1.35. The number of carbonyl (C=O) groups excluding carboxylic acids is 1. The molecule has 0 fully saturated rings. The number of pyridine rings is 1. The van der Waals surface area contributed by atoms with E-state index in [1.54, 1.807) is 6.07 Å². The summed E-state index contributed by atoms with van der Waals surface area (Å²) >= 11 is 0. The molecule has 0 aliphatic carbocycles. The van der Waals surface area contributed by atoms with Crippen LogP contribution in [0.1, 0.15) is 17.7 Å². The Bertz CT molecular complexity index is 962. The average molecular weight is 387 g/mol. The van der Waals surface area contributed by atoms with Crippen LogP contribution in [0.3, 0.4) is 0 Å². The van der Waals surface area contributed by atoms with Crippen molar-refractivity contribution in [2.75, 3.05) is 7.11 Å². The molecule has 0 spiro atoms. The Balaban J connectivity index is 1.53. The highest BCUT2D eigenvalue weighted by Gasteiger charge is 2.12. The number of alkyl halides is 2. The molecule has 0 aliphatic rings. The van der Waals surface area contributed by atoms with Crippen molar-refractivity contribution in [3.05, 3.63) is 65.9 Å². The fraction of sp³-hybridized carbons (Fsp3) is 0.238. The molecule has 0 radical (unpaired) electrons. The first-order valence-corrected chi connectivity index (χ1v) is 8.67. The molecule has 0 atom stereocenters. The van der Waals surface area contributed by atoms with E-state index in [-0.39, 0.29) is 30.5 Å². The predicted octanol–water partition coefficient (Wildman–Crippen LogP) is 4.52. The van der Waals surface area contributed by atoms with Gasteiger partial charge in [0.25, 0.3) is 0 Å². The Kier molecular flexibility index (Phi) is 6.37. The van der Waals surface area contributed by atoms with Crippen molar-refractivity contribution in [1.82, 2.24) is 4.98 Å². The zero-order valence-electron chi connectivity index (χ0n) is 15.2. The molecule has 0 bridgehead atoms. The van der Waals surface area contributed by atoms with Gasteiger partial charge in [0.2, 0.25) is 0 Å². The molecule has 0 unspecified atom stereocenters. The number of benzene rings is 2. The Morgan fingerprint density at radius 3 is 2.68 bits per heavy atom. The number of nitrogens with zero attached hydrogens (tertiary/aromatic N) is 1. The molecule has 0 saturated heterocycles. The van der Waals surface area contributed by atoms with E-state index in [1.165, 1.54) is 19.2 Å². The van der Waals surface area contributed by atoms with Gasteiger partial charge in [-0.05, 0) is 29.8 Å². The Labute approximate surface area is 160 Å². The number of halogens is 2. The highest BCUT2D eigenvalue weighted by atomic mass is 19.3. The lowest BCUT2D eigenvalue weighted by Gasteiger charge is -2.11. The number of aryl methyl sites for hydroxylation is 1. The second-order valence-corrected chi connectivity index (χ2v) is 6.02. The van der Waals surface area contributed by atoms with Crippen molar-refractivity contribution in [3.8, 4) is 11.5 Å². The zero-order valence-corrected chi connectivity index (χ0v) is 15.2. The molecule has 0 aliphatic heterocycles. The Morgan fingerprint density at radius 1 is 1.07 bits per heavy atom. The van der Waals surface area contributed by atoms with Gasteiger partial charge < -0.3 is 14.2 Å². The van der Waals surface area contributed by atoms with Crippen molar-refractivity contribution in [1.29, 1.82) is 0 Å². The molecule has 0 saturated carbocycles. The van der Waals surface area contributed by atoms with E-state index in [4.69, 9.17) is 9.47 Å². The van der Waals surface area contributed by atoms with Crippen molar-refractivity contribution in [2.24, 2.45) is 0 Å². The maximum Gasteiger partial charge on any atom is 0.387 e. The SMILES string of the molecule is COc1cc(COC(=O)CCc2ccc3ccccc3n2)ccc1OC(F)F. The largest absolute Gasteiger partial charge is 0.493 e. The lowest BCUT2D eigenvalue weighted by molar-refractivity contribution is -0.144. The van der Waals surface area contributed by atoms with E-state index in [9.17, 15) is 13.6 Å². The highest BCUT2D eigenvalue weighted by molar-refractivity contribution is 5.78. The molecule has 146 valence electrons. The molecule has 2 aromatic carbocycles. The van der Waals surface area contributed by atoms with Gasteiger partial charge in [0.1, 0.15) is 6.61 Å². The number of carbonyl (C=O) groups is 1. The van der Waals surface area contributed by atoms with Gasteiger partial charge in [-0.3, -0.25) is 9.78 Å². The predicted molar refractivity (Wildman–Crippen MR) is 99.5 cm³/mol. The van der Waals surface area contributed by atoms with Crippen molar-refractivity contribution in [2.45, 2.75) is 26.1 Å². The van der Waals surface area contributed by atoms with Crippen LogP contribution in [0.5, 0.6) is 11.5 Å². The summed E-state index contributed by atoms with van der Waals surface area (Å²) in [5.41, 5.74) is 2.30. The lowest BCUT2D eigenvalue weighted by atomic mass is 10.1.